The van der Waals surface area contributed by atoms with Crippen LogP contribution in [-0.2, 0) is 19.1 Å². The van der Waals surface area contributed by atoms with Crippen molar-refractivity contribution in [2.75, 3.05) is 26.8 Å². The number of nitrogens with one attached hydrogen (secondary N) is 1. The number of rotatable bonds is 9. The molecule has 1 heterocycles. The van der Waals surface area contributed by atoms with Crippen molar-refractivity contribution >= 4 is 17.8 Å². The third kappa shape index (κ3) is 4.96. The van der Waals surface area contributed by atoms with Crippen LogP contribution in [0, 0.1) is 23.2 Å². The van der Waals surface area contributed by atoms with E-state index < -0.39 is 11.4 Å². The molecule has 0 bridgehead atoms. The van der Waals surface area contributed by atoms with E-state index in [1.165, 1.54) is 0 Å². The third-order valence-corrected chi connectivity index (χ3v) is 5.86. The number of carbonyl (C=O) groups excluding carboxylic acids is 2. The smallest absolute Gasteiger partial charge is 0.303 e. The Balaban J connectivity index is 1.89. The molecule has 0 aromatic rings. The standard InChI is InChI=1S/C19H32N2O5/c1-12-7-15-13(8-17(23)21(15)5-6-26-4)14(12)11-20-16(22)9-19(2,3)10-18(24)25/h12-15H,5-11H2,1-4H3,(H,20,22)(H,24,25)/t12-,13-,14+,15+/m0/s1. The minimum Gasteiger partial charge on any atom is -0.481 e. The molecule has 1 saturated carbocycles. The van der Waals surface area contributed by atoms with Crippen LogP contribution in [0.1, 0.15) is 46.5 Å². The molecule has 0 aromatic heterocycles. The van der Waals surface area contributed by atoms with Gasteiger partial charge in [-0.15, -0.1) is 0 Å². The average Bonchev–Trinajstić information content (AvgIpc) is 2.95. The zero-order chi connectivity index (χ0) is 19.5. The van der Waals surface area contributed by atoms with Crippen LogP contribution in [0.25, 0.3) is 0 Å². The van der Waals surface area contributed by atoms with Crippen LogP contribution >= 0.6 is 0 Å². The van der Waals surface area contributed by atoms with Crippen LogP contribution in [-0.4, -0.2) is 60.6 Å². The highest BCUT2D eigenvalue weighted by atomic mass is 16.5. The van der Waals surface area contributed by atoms with Gasteiger partial charge in [-0.2, -0.15) is 0 Å². The molecule has 0 radical (unpaired) electrons. The van der Waals surface area contributed by atoms with E-state index in [4.69, 9.17) is 9.84 Å². The quantitative estimate of drug-likeness (QED) is 0.643. The van der Waals surface area contributed by atoms with Gasteiger partial charge in [0.2, 0.25) is 11.8 Å². The van der Waals surface area contributed by atoms with Crippen molar-refractivity contribution in [3.05, 3.63) is 0 Å². The summed E-state index contributed by atoms with van der Waals surface area (Å²) in [6.07, 6.45) is 1.66. The van der Waals surface area contributed by atoms with Crippen molar-refractivity contribution in [1.82, 2.24) is 10.2 Å². The Morgan fingerprint density at radius 2 is 2.04 bits per heavy atom. The Hall–Kier alpha value is -1.63. The van der Waals surface area contributed by atoms with Gasteiger partial charge in [-0.1, -0.05) is 20.8 Å². The lowest BCUT2D eigenvalue weighted by molar-refractivity contribution is -0.139. The fourth-order valence-corrected chi connectivity index (χ4v) is 4.62. The molecule has 0 aromatic carbocycles. The molecule has 148 valence electrons. The van der Waals surface area contributed by atoms with E-state index in [0.717, 1.165) is 6.42 Å². The normalized spacial score (nSPS) is 28.3. The van der Waals surface area contributed by atoms with Gasteiger partial charge in [-0.3, -0.25) is 14.4 Å². The second kappa shape index (κ2) is 8.37. The van der Waals surface area contributed by atoms with Gasteiger partial charge in [0.15, 0.2) is 0 Å². The summed E-state index contributed by atoms with van der Waals surface area (Å²) >= 11 is 0. The number of carbonyl (C=O) groups is 3. The highest BCUT2D eigenvalue weighted by Gasteiger charge is 2.50. The van der Waals surface area contributed by atoms with Crippen molar-refractivity contribution in [2.45, 2.75) is 52.5 Å². The number of likely N-dealkylation sites (tertiary alicyclic amines) is 1. The molecule has 7 heteroatoms. The third-order valence-electron chi connectivity index (χ3n) is 5.86. The van der Waals surface area contributed by atoms with Gasteiger partial charge in [0, 0.05) is 39.1 Å². The molecule has 4 atom stereocenters. The van der Waals surface area contributed by atoms with E-state index in [2.05, 4.69) is 12.2 Å². The summed E-state index contributed by atoms with van der Waals surface area (Å²) in [6, 6.07) is 0.248. The number of amides is 2. The second-order valence-electron chi connectivity index (χ2n) is 8.61. The summed E-state index contributed by atoms with van der Waals surface area (Å²) in [5, 5.41) is 11.9. The van der Waals surface area contributed by atoms with Gasteiger partial charge < -0.3 is 20.1 Å². The van der Waals surface area contributed by atoms with Crippen molar-refractivity contribution in [1.29, 1.82) is 0 Å². The Morgan fingerprint density at radius 1 is 1.35 bits per heavy atom. The maximum absolute atomic E-state index is 12.3. The van der Waals surface area contributed by atoms with Gasteiger partial charge in [-0.05, 0) is 29.6 Å². The maximum Gasteiger partial charge on any atom is 0.303 e. The van der Waals surface area contributed by atoms with Crippen LogP contribution in [0.15, 0.2) is 0 Å². The van der Waals surface area contributed by atoms with Gasteiger partial charge in [0.05, 0.1) is 13.0 Å². The fraction of sp³-hybridized carbons (Fsp3) is 0.842. The van der Waals surface area contributed by atoms with Crippen LogP contribution in [0.2, 0.25) is 0 Å². The van der Waals surface area contributed by atoms with Crippen LogP contribution < -0.4 is 5.32 Å². The number of ether oxygens (including phenoxy) is 1. The predicted octanol–water partition coefficient (Wildman–Crippen LogP) is 1.51. The summed E-state index contributed by atoms with van der Waals surface area (Å²) < 4.78 is 5.11. The van der Waals surface area contributed by atoms with Crippen molar-refractivity contribution in [3.8, 4) is 0 Å². The van der Waals surface area contributed by atoms with Gasteiger partial charge in [0.25, 0.3) is 0 Å². The van der Waals surface area contributed by atoms with Crippen LogP contribution in [0.3, 0.4) is 0 Å². The lowest BCUT2D eigenvalue weighted by Crippen LogP contribution is -2.37. The first-order valence-electron chi connectivity index (χ1n) is 9.41. The summed E-state index contributed by atoms with van der Waals surface area (Å²) in [6.45, 7) is 7.49. The molecular weight excluding hydrogens is 336 g/mol. The lowest BCUT2D eigenvalue weighted by Gasteiger charge is -2.25. The number of fused-ring (bicyclic) bond motifs is 1. The van der Waals surface area contributed by atoms with E-state index >= 15 is 0 Å². The van der Waals surface area contributed by atoms with Crippen LogP contribution in [0.4, 0.5) is 0 Å². The summed E-state index contributed by atoms with van der Waals surface area (Å²) in [7, 11) is 1.64. The number of carboxylic acids is 1. The Morgan fingerprint density at radius 3 is 2.65 bits per heavy atom. The van der Waals surface area contributed by atoms with E-state index in [9.17, 15) is 14.4 Å². The first-order valence-corrected chi connectivity index (χ1v) is 9.41. The molecular formula is C19H32N2O5. The molecule has 1 aliphatic heterocycles. The van der Waals surface area contributed by atoms with E-state index in [1.54, 1.807) is 21.0 Å². The summed E-state index contributed by atoms with van der Waals surface area (Å²) in [5.74, 6) is 0.172. The Labute approximate surface area is 155 Å². The van der Waals surface area contributed by atoms with E-state index in [1.807, 2.05) is 4.90 Å². The van der Waals surface area contributed by atoms with Crippen molar-refractivity contribution < 1.29 is 24.2 Å². The number of hydrogen-bond donors (Lipinski definition) is 2. The van der Waals surface area contributed by atoms with Crippen molar-refractivity contribution in [3.63, 3.8) is 0 Å². The minimum absolute atomic E-state index is 0.0338. The largest absolute Gasteiger partial charge is 0.481 e. The molecule has 2 amide bonds. The zero-order valence-electron chi connectivity index (χ0n) is 16.3. The molecule has 7 nitrogen and oxygen atoms in total. The van der Waals surface area contributed by atoms with Gasteiger partial charge in [0.1, 0.15) is 0 Å². The Kier molecular flexibility index (Phi) is 6.66. The highest BCUT2D eigenvalue weighted by molar-refractivity contribution is 5.80. The monoisotopic (exact) mass is 368 g/mol. The molecule has 2 N–H and O–H groups in total. The van der Waals surface area contributed by atoms with Crippen LogP contribution in [0.5, 0.6) is 0 Å². The topological polar surface area (TPSA) is 95.9 Å². The summed E-state index contributed by atoms with van der Waals surface area (Å²) in [5.41, 5.74) is -0.569. The second-order valence-corrected chi connectivity index (χ2v) is 8.61. The number of aliphatic carboxylic acids is 1. The van der Waals surface area contributed by atoms with Gasteiger partial charge in [-0.25, -0.2) is 0 Å². The molecule has 2 rings (SSSR count). The number of carboxylic acid groups (broad SMARTS) is 1. The molecule has 26 heavy (non-hydrogen) atoms. The van der Waals surface area contributed by atoms with Crippen molar-refractivity contribution in [2.24, 2.45) is 23.2 Å². The molecule has 2 fully saturated rings. The highest BCUT2D eigenvalue weighted by Crippen LogP contribution is 2.45. The van der Waals surface area contributed by atoms with E-state index in [0.29, 0.717) is 32.0 Å². The molecule has 0 unspecified atom stereocenters. The zero-order valence-corrected chi connectivity index (χ0v) is 16.3. The fourth-order valence-electron chi connectivity index (χ4n) is 4.62. The Bertz CT molecular complexity index is 548. The molecule has 0 spiro atoms. The van der Waals surface area contributed by atoms with E-state index in [-0.39, 0.29) is 42.5 Å². The summed E-state index contributed by atoms with van der Waals surface area (Å²) in [4.78, 5) is 37.4. The SMILES string of the molecule is COCCN1C(=O)C[C@H]2[C@H](CNC(=O)CC(C)(C)CC(=O)O)[C@@H](C)C[C@H]21. The minimum atomic E-state index is -0.893. The molecule has 1 saturated heterocycles. The molecule has 2 aliphatic rings. The average molecular weight is 368 g/mol. The number of hydrogen-bond acceptors (Lipinski definition) is 4. The number of methoxy groups -OCH3 is 1. The molecule has 1 aliphatic carbocycles. The van der Waals surface area contributed by atoms with Gasteiger partial charge >= 0.3 is 5.97 Å². The number of nitrogens with zero attached hydrogens (tertiary/aromatic N) is 1. The first-order chi connectivity index (χ1) is 12.1. The lowest BCUT2D eigenvalue weighted by atomic mass is 9.85. The first kappa shape index (κ1) is 20.7. The predicted molar refractivity (Wildman–Crippen MR) is 96.4 cm³/mol. The maximum atomic E-state index is 12.3.